The lowest BCUT2D eigenvalue weighted by Crippen LogP contribution is -2.44. The van der Waals surface area contributed by atoms with Crippen LogP contribution in [0.5, 0.6) is 0 Å². The Kier molecular flexibility index (Phi) is 7.28. The maximum Gasteiger partial charge on any atom is 0.252 e. The van der Waals surface area contributed by atoms with Crippen LogP contribution in [0.4, 0.5) is 0 Å². The van der Waals surface area contributed by atoms with Crippen LogP contribution < -0.4 is 0 Å². The lowest BCUT2D eigenvalue weighted by Gasteiger charge is -2.33. The fourth-order valence-corrected chi connectivity index (χ4v) is 4.91. The molecule has 2 aromatic rings. The van der Waals surface area contributed by atoms with Gasteiger partial charge >= 0.3 is 0 Å². The molecule has 4 rings (SSSR count). The molecule has 0 unspecified atom stereocenters. The maximum absolute atomic E-state index is 13.5. The van der Waals surface area contributed by atoms with Crippen molar-refractivity contribution >= 4 is 16.9 Å². The summed E-state index contributed by atoms with van der Waals surface area (Å²) < 4.78 is 13.4. The molecule has 6 heteroatoms. The van der Waals surface area contributed by atoms with E-state index in [9.17, 15) is 4.79 Å². The zero-order chi connectivity index (χ0) is 21.8. The summed E-state index contributed by atoms with van der Waals surface area (Å²) >= 11 is 0. The number of fused-ring (bicyclic) bond motifs is 1. The van der Waals surface area contributed by atoms with Gasteiger partial charge in [0.2, 0.25) is 0 Å². The number of rotatable bonds is 10. The van der Waals surface area contributed by atoms with E-state index < -0.39 is 0 Å². The Hall–Kier alpha value is -1.92. The molecule has 1 amide bonds. The molecule has 1 saturated heterocycles. The highest BCUT2D eigenvalue weighted by atomic mass is 16.5. The number of hydrogen-bond donors (Lipinski definition) is 0. The predicted molar refractivity (Wildman–Crippen MR) is 122 cm³/mol. The van der Waals surface area contributed by atoms with E-state index in [2.05, 4.69) is 35.6 Å². The summed E-state index contributed by atoms with van der Waals surface area (Å²) in [7, 11) is 1.75. The van der Waals surface area contributed by atoms with Crippen molar-refractivity contribution < 1.29 is 14.3 Å². The number of nitrogens with zero attached hydrogens (tertiary/aromatic N) is 3. The third-order valence-electron chi connectivity index (χ3n) is 6.76. The van der Waals surface area contributed by atoms with Gasteiger partial charge in [0.1, 0.15) is 6.10 Å². The molecular formula is C25H37N3O3. The number of methoxy groups -OCH3 is 1. The first-order valence-corrected chi connectivity index (χ1v) is 12.0. The maximum atomic E-state index is 13.5. The van der Waals surface area contributed by atoms with Crippen molar-refractivity contribution in [2.75, 3.05) is 20.3 Å². The standard InChI is InChI=1S/C25H37N3O3/c1-4-19-12-13-26-23-21(17-27(24(19)23)14-6-8-15-30-3)18(2)28(20-10-11-20)25(29)22-9-5-7-16-31-22/h12-13,17-18,20,22H,4-11,14-16H2,1-3H3/t18-,22-/m1/s1. The molecule has 2 atom stereocenters. The van der Waals surface area contributed by atoms with Gasteiger partial charge in [0.15, 0.2) is 0 Å². The quantitative estimate of drug-likeness (QED) is 0.518. The minimum Gasteiger partial charge on any atom is -0.385 e. The van der Waals surface area contributed by atoms with Crippen molar-refractivity contribution in [1.29, 1.82) is 0 Å². The van der Waals surface area contributed by atoms with E-state index in [4.69, 9.17) is 14.5 Å². The fraction of sp³-hybridized carbons (Fsp3) is 0.680. The Morgan fingerprint density at radius 2 is 2.16 bits per heavy atom. The van der Waals surface area contributed by atoms with Gasteiger partial charge in [-0.15, -0.1) is 0 Å². The van der Waals surface area contributed by atoms with Gasteiger partial charge in [-0.3, -0.25) is 9.78 Å². The highest BCUT2D eigenvalue weighted by Crippen LogP contribution is 2.39. The monoisotopic (exact) mass is 427 g/mol. The second-order valence-electron chi connectivity index (χ2n) is 9.01. The van der Waals surface area contributed by atoms with Crippen molar-refractivity contribution in [2.45, 2.75) is 89.9 Å². The minimum absolute atomic E-state index is 0.00661. The zero-order valence-corrected chi connectivity index (χ0v) is 19.3. The van der Waals surface area contributed by atoms with Gasteiger partial charge in [-0.2, -0.15) is 0 Å². The van der Waals surface area contributed by atoms with Gasteiger partial charge < -0.3 is 18.9 Å². The van der Waals surface area contributed by atoms with Crippen LogP contribution in [0.25, 0.3) is 11.0 Å². The topological polar surface area (TPSA) is 56.6 Å². The molecule has 170 valence electrons. The first kappa shape index (κ1) is 22.3. The second-order valence-corrected chi connectivity index (χ2v) is 9.01. The Morgan fingerprint density at radius 1 is 1.32 bits per heavy atom. The second kappa shape index (κ2) is 10.1. The smallest absolute Gasteiger partial charge is 0.252 e. The molecule has 0 N–H and O–H groups in total. The van der Waals surface area contributed by atoms with Gasteiger partial charge in [0.05, 0.1) is 17.1 Å². The Balaban J connectivity index is 1.65. The molecule has 0 radical (unpaired) electrons. The number of hydrogen-bond acceptors (Lipinski definition) is 4. The van der Waals surface area contributed by atoms with E-state index >= 15 is 0 Å². The van der Waals surface area contributed by atoms with Crippen LogP contribution >= 0.6 is 0 Å². The summed E-state index contributed by atoms with van der Waals surface area (Å²) in [4.78, 5) is 20.4. The molecule has 0 spiro atoms. The molecule has 0 aromatic carbocycles. The highest BCUT2D eigenvalue weighted by molar-refractivity contribution is 5.86. The third kappa shape index (κ3) is 4.80. The molecule has 2 aliphatic rings. The zero-order valence-electron chi connectivity index (χ0n) is 19.3. The Morgan fingerprint density at radius 3 is 2.84 bits per heavy atom. The average Bonchev–Trinajstić information content (AvgIpc) is 3.57. The number of aromatic nitrogens is 2. The number of carbonyl (C=O) groups is 1. The Bertz CT molecular complexity index is 884. The fourth-order valence-electron chi connectivity index (χ4n) is 4.91. The van der Waals surface area contributed by atoms with Crippen LogP contribution in [0.1, 0.15) is 76.0 Å². The number of aryl methyl sites for hydroxylation is 2. The average molecular weight is 428 g/mol. The van der Waals surface area contributed by atoms with Crippen LogP contribution in [-0.4, -0.2) is 52.8 Å². The van der Waals surface area contributed by atoms with E-state index in [0.29, 0.717) is 12.6 Å². The Labute approximate surface area is 185 Å². The van der Waals surface area contributed by atoms with E-state index in [-0.39, 0.29) is 18.1 Å². The summed E-state index contributed by atoms with van der Waals surface area (Å²) in [6, 6.07) is 2.46. The SMILES string of the molecule is CCc1ccnc2c([C@@H](C)N(C(=O)[C@H]3CCCCO3)C3CC3)cn(CCCCOC)c12. The molecule has 3 heterocycles. The van der Waals surface area contributed by atoms with Crippen molar-refractivity contribution in [2.24, 2.45) is 0 Å². The summed E-state index contributed by atoms with van der Waals surface area (Å²) in [5, 5.41) is 0. The van der Waals surface area contributed by atoms with Crippen LogP contribution in [0, 0.1) is 0 Å². The number of pyridine rings is 1. The number of ether oxygens (including phenoxy) is 2. The highest BCUT2D eigenvalue weighted by Gasteiger charge is 2.40. The molecular weight excluding hydrogens is 390 g/mol. The van der Waals surface area contributed by atoms with Gasteiger partial charge in [0, 0.05) is 50.9 Å². The van der Waals surface area contributed by atoms with Crippen LogP contribution in [0.15, 0.2) is 18.5 Å². The summed E-state index contributed by atoms with van der Waals surface area (Å²) in [5.74, 6) is 0.169. The summed E-state index contributed by atoms with van der Waals surface area (Å²) in [6.07, 6.45) is 12.1. The van der Waals surface area contributed by atoms with E-state index in [1.165, 1.54) is 11.1 Å². The normalized spacial score (nSPS) is 20.2. The molecule has 31 heavy (non-hydrogen) atoms. The lowest BCUT2D eigenvalue weighted by atomic mass is 10.0. The first-order valence-electron chi connectivity index (χ1n) is 12.0. The summed E-state index contributed by atoms with van der Waals surface area (Å²) in [5.41, 5.74) is 4.74. The van der Waals surface area contributed by atoms with Crippen molar-refractivity contribution in [1.82, 2.24) is 14.5 Å². The predicted octanol–water partition coefficient (Wildman–Crippen LogP) is 4.65. The lowest BCUT2D eigenvalue weighted by molar-refractivity contribution is -0.149. The van der Waals surface area contributed by atoms with Gasteiger partial charge in [0.25, 0.3) is 5.91 Å². The number of unbranched alkanes of at least 4 members (excludes halogenated alkanes) is 1. The van der Waals surface area contributed by atoms with Crippen LogP contribution in [0.3, 0.4) is 0 Å². The summed E-state index contributed by atoms with van der Waals surface area (Å²) in [6.45, 7) is 6.79. The third-order valence-corrected chi connectivity index (χ3v) is 6.76. The molecule has 2 fully saturated rings. The van der Waals surface area contributed by atoms with Gasteiger partial charge in [-0.05, 0) is 69.9 Å². The van der Waals surface area contributed by atoms with Gasteiger partial charge in [-0.25, -0.2) is 0 Å². The molecule has 1 aliphatic heterocycles. The molecule has 0 bridgehead atoms. The molecule has 1 aliphatic carbocycles. The van der Waals surface area contributed by atoms with Crippen molar-refractivity contribution in [3.8, 4) is 0 Å². The molecule has 2 aromatic heterocycles. The number of carbonyl (C=O) groups excluding carboxylic acids is 1. The largest absolute Gasteiger partial charge is 0.385 e. The van der Waals surface area contributed by atoms with Crippen molar-refractivity contribution in [3.63, 3.8) is 0 Å². The van der Waals surface area contributed by atoms with E-state index in [1.54, 1.807) is 7.11 Å². The van der Waals surface area contributed by atoms with E-state index in [1.807, 2.05) is 6.20 Å². The van der Waals surface area contributed by atoms with E-state index in [0.717, 1.165) is 75.6 Å². The molecule has 1 saturated carbocycles. The number of amides is 1. The van der Waals surface area contributed by atoms with Crippen LogP contribution in [-0.2, 0) is 27.2 Å². The van der Waals surface area contributed by atoms with Gasteiger partial charge in [-0.1, -0.05) is 6.92 Å². The van der Waals surface area contributed by atoms with Crippen molar-refractivity contribution in [3.05, 3.63) is 29.6 Å². The molecule has 6 nitrogen and oxygen atoms in total. The van der Waals surface area contributed by atoms with Crippen LogP contribution in [0.2, 0.25) is 0 Å². The first-order chi connectivity index (χ1) is 15.2. The minimum atomic E-state index is -0.279.